The summed E-state index contributed by atoms with van der Waals surface area (Å²) in [6.45, 7) is 1.21. The van der Waals surface area contributed by atoms with Crippen LogP contribution in [-0.2, 0) is 16.1 Å². The standard InChI is InChI=1S/C20H19ClN2O2/c21-18-5-2-1-4-16(18)9-12-19(24)22-14-15-7-10-17(11-8-15)23-13-3-6-20(23)25/h1-2,4-5,7-12H,3,6,13-14H2,(H,22,24)/b12-9+. The molecule has 0 saturated carbocycles. The van der Waals surface area contributed by atoms with Crippen molar-refractivity contribution in [1.29, 1.82) is 0 Å². The van der Waals surface area contributed by atoms with Gasteiger partial charge in [-0.2, -0.15) is 0 Å². The summed E-state index contributed by atoms with van der Waals surface area (Å²) < 4.78 is 0. The molecule has 1 aliphatic heterocycles. The molecular weight excluding hydrogens is 336 g/mol. The lowest BCUT2D eigenvalue weighted by Crippen LogP contribution is -2.23. The average molecular weight is 355 g/mol. The van der Waals surface area contributed by atoms with Crippen molar-refractivity contribution in [3.05, 3.63) is 70.8 Å². The molecule has 1 heterocycles. The van der Waals surface area contributed by atoms with Gasteiger partial charge < -0.3 is 10.2 Å². The molecule has 1 aliphatic rings. The Labute approximate surface area is 152 Å². The molecule has 2 aromatic carbocycles. The van der Waals surface area contributed by atoms with Crippen LogP contribution in [-0.4, -0.2) is 18.4 Å². The van der Waals surface area contributed by atoms with Gasteiger partial charge in [0.2, 0.25) is 11.8 Å². The number of carbonyl (C=O) groups excluding carboxylic acids is 2. The van der Waals surface area contributed by atoms with E-state index in [1.165, 1.54) is 6.08 Å². The van der Waals surface area contributed by atoms with Crippen LogP contribution in [0.15, 0.2) is 54.6 Å². The van der Waals surface area contributed by atoms with Crippen molar-refractivity contribution in [3.63, 3.8) is 0 Å². The summed E-state index contributed by atoms with van der Waals surface area (Å²) >= 11 is 6.05. The Bertz CT molecular complexity index is 800. The number of hydrogen-bond acceptors (Lipinski definition) is 2. The van der Waals surface area contributed by atoms with Crippen LogP contribution >= 0.6 is 11.6 Å². The summed E-state index contributed by atoms with van der Waals surface area (Å²) in [5, 5.41) is 3.45. The van der Waals surface area contributed by atoms with Crippen LogP contribution in [0.2, 0.25) is 5.02 Å². The largest absolute Gasteiger partial charge is 0.348 e. The highest BCUT2D eigenvalue weighted by atomic mass is 35.5. The van der Waals surface area contributed by atoms with Gasteiger partial charge in [0.05, 0.1) is 0 Å². The van der Waals surface area contributed by atoms with Gasteiger partial charge in [-0.25, -0.2) is 0 Å². The summed E-state index contributed by atoms with van der Waals surface area (Å²) in [6, 6.07) is 15.1. The van der Waals surface area contributed by atoms with Crippen molar-refractivity contribution in [2.75, 3.05) is 11.4 Å². The maximum Gasteiger partial charge on any atom is 0.244 e. The van der Waals surface area contributed by atoms with Crippen molar-refractivity contribution in [2.45, 2.75) is 19.4 Å². The maximum absolute atomic E-state index is 11.9. The van der Waals surface area contributed by atoms with Crippen LogP contribution in [0.4, 0.5) is 5.69 Å². The summed E-state index contributed by atoms with van der Waals surface area (Å²) in [5.41, 5.74) is 2.70. The molecule has 0 aromatic heterocycles. The number of rotatable bonds is 5. The molecule has 0 atom stereocenters. The molecule has 3 rings (SSSR count). The van der Waals surface area contributed by atoms with Crippen molar-refractivity contribution in [2.24, 2.45) is 0 Å². The Balaban J connectivity index is 1.54. The van der Waals surface area contributed by atoms with Crippen molar-refractivity contribution >= 4 is 35.2 Å². The van der Waals surface area contributed by atoms with Crippen LogP contribution in [0.1, 0.15) is 24.0 Å². The SMILES string of the molecule is O=C(/C=C/c1ccccc1Cl)NCc1ccc(N2CCCC2=O)cc1. The summed E-state index contributed by atoms with van der Waals surface area (Å²) in [5.74, 6) is -0.00974. The van der Waals surface area contributed by atoms with E-state index in [2.05, 4.69) is 5.32 Å². The van der Waals surface area contributed by atoms with Crippen LogP contribution in [0, 0.1) is 0 Å². The van der Waals surface area contributed by atoms with E-state index >= 15 is 0 Å². The van der Waals surface area contributed by atoms with Crippen molar-refractivity contribution in [1.82, 2.24) is 5.32 Å². The minimum absolute atomic E-state index is 0.172. The minimum atomic E-state index is -0.182. The molecule has 0 unspecified atom stereocenters. The Hall–Kier alpha value is -2.59. The van der Waals surface area contributed by atoms with E-state index in [0.717, 1.165) is 29.8 Å². The zero-order valence-electron chi connectivity index (χ0n) is 13.7. The van der Waals surface area contributed by atoms with E-state index < -0.39 is 0 Å². The highest BCUT2D eigenvalue weighted by molar-refractivity contribution is 6.32. The van der Waals surface area contributed by atoms with Crippen LogP contribution < -0.4 is 10.2 Å². The quantitative estimate of drug-likeness (QED) is 0.830. The molecule has 0 bridgehead atoms. The molecule has 5 heteroatoms. The Morgan fingerprint density at radius 1 is 1.16 bits per heavy atom. The molecule has 1 saturated heterocycles. The monoisotopic (exact) mass is 354 g/mol. The highest BCUT2D eigenvalue weighted by Gasteiger charge is 2.21. The molecule has 1 N–H and O–H groups in total. The molecule has 128 valence electrons. The summed E-state index contributed by atoms with van der Waals surface area (Å²) in [7, 11) is 0. The maximum atomic E-state index is 11.9. The Morgan fingerprint density at radius 3 is 2.60 bits per heavy atom. The van der Waals surface area contributed by atoms with Gasteiger partial charge in [-0.15, -0.1) is 0 Å². The zero-order chi connectivity index (χ0) is 17.6. The molecule has 2 aromatic rings. The predicted octanol–water partition coefficient (Wildman–Crippen LogP) is 3.80. The number of amides is 2. The first-order valence-corrected chi connectivity index (χ1v) is 8.61. The summed E-state index contributed by atoms with van der Waals surface area (Å²) in [4.78, 5) is 25.5. The van der Waals surface area contributed by atoms with E-state index in [9.17, 15) is 9.59 Å². The third kappa shape index (κ3) is 4.48. The second-order valence-electron chi connectivity index (χ2n) is 5.89. The van der Waals surface area contributed by atoms with E-state index in [4.69, 9.17) is 11.6 Å². The average Bonchev–Trinajstić information content (AvgIpc) is 3.06. The number of nitrogens with one attached hydrogen (secondary N) is 1. The molecule has 0 radical (unpaired) electrons. The van der Waals surface area contributed by atoms with Crippen molar-refractivity contribution in [3.8, 4) is 0 Å². The molecule has 0 aliphatic carbocycles. The molecule has 1 fully saturated rings. The van der Waals surface area contributed by atoms with E-state index in [1.54, 1.807) is 17.0 Å². The van der Waals surface area contributed by atoms with E-state index in [1.807, 2.05) is 42.5 Å². The van der Waals surface area contributed by atoms with Gasteiger partial charge >= 0.3 is 0 Å². The lowest BCUT2D eigenvalue weighted by atomic mass is 10.2. The predicted molar refractivity (Wildman–Crippen MR) is 100 cm³/mol. The topological polar surface area (TPSA) is 49.4 Å². The van der Waals surface area contributed by atoms with Gasteiger partial charge in [-0.05, 0) is 41.8 Å². The summed E-state index contributed by atoms with van der Waals surface area (Å²) in [6.07, 6.45) is 4.70. The first-order valence-electron chi connectivity index (χ1n) is 8.23. The van der Waals surface area contributed by atoms with Gasteiger partial charge in [-0.3, -0.25) is 9.59 Å². The van der Waals surface area contributed by atoms with Crippen LogP contribution in [0.25, 0.3) is 6.08 Å². The fourth-order valence-electron chi connectivity index (χ4n) is 2.74. The smallest absolute Gasteiger partial charge is 0.244 e. The van der Waals surface area contributed by atoms with Crippen LogP contribution in [0.3, 0.4) is 0 Å². The number of anilines is 1. The fourth-order valence-corrected chi connectivity index (χ4v) is 2.94. The second-order valence-corrected chi connectivity index (χ2v) is 6.30. The number of nitrogens with zero attached hydrogens (tertiary/aromatic N) is 1. The zero-order valence-corrected chi connectivity index (χ0v) is 14.5. The van der Waals surface area contributed by atoms with E-state index in [0.29, 0.717) is 18.0 Å². The van der Waals surface area contributed by atoms with Gasteiger partial charge in [0.15, 0.2) is 0 Å². The molecular formula is C20H19ClN2O2. The van der Waals surface area contributed by atoms with Gasteiger partial charge in [-0.1, -0.05) is 41.9 Å². The normalized spacial score (nSPS) is 14.3. The first kappa shape index (κ1) is 17.2. The fraction of sp³-hybridized carbons (Fsp3) is 0.200. The minimum Gasteiger partial charge on any atom is -0.348 e. The van der Waals surface area contributed by atoms with Gasteiger partial charge in [0, 0.05) is 36.3 Å². The Kier molecular flexibility index (Phi) is 5.51. The first-order chi connectivity index (χ1) is 12.1. The number of carbonyl (C=O) groups is 2. The van der Waals surface area contributed by atoms with Crippen LogP contribution in [0.5, 0.6) is 0 Å². The third-order valence-electron chi connectivity index (χ3n) is 4.11. The molecule has 4 nitrogen and oxygen atoms in total. The third-order valence-corrected chi connectivity index (χ3v) is 4.45. The Morgan fingerprint density at radius 2 is 1.92 bits per heavy atom. The molecule has 2 amide bonds. The number of halogens is 1. The molecule has 0 spiro atoms. The molecule has 25 heavy (non-hydrogen) atoms. The highest BCUT2D eigenvalue weighted by Crippen LogP contribution is 2.21. The van der Waals surface area contributed by atoms with E-state index in [-0.39, 0.29) is 11.8 Å². The number of hydrogen-bond donors (Lipinski definition) is 1. The van der Waals surface area contributed by atoms with Gasteiger partial charge in [0.1, 0.15) is 0 Å². The second kappa shape index (κ2) is 7.99. The van der Waals surface area contributed by atoms with Gasteiger partial charge in [0.25, 0.3) is 0 Å². The van der Waals surface area contributed by atoms with Crippen molar-refractivity contribution < 1.29 is 9.59 Å². The number of benzene rings is 2. The lowest BCUT2D eigenvalue weighted by molar-refractivity contribution is -0.117. The lowest BCUT2D eigenvalue weighted by Gasteiger charge is -2.15.